The first kappa shape index (κ1) is 19.0. The first-order chi connectivity index (χ1) is 13.2. The molecule has 3 aromatic rings. The van der Waals surface area contributed by atoms with Gasteiger partial charge in [-0.15, -0.1) is 11.3 Å². The summed E-state index contributed by atoms with van der Waals surface area (Å²) in [5.74, 6) is 1.19. The zero-order valence-corrected chi connectivity index (χ0v) is 16.4. The molecule has 0 aliphatic heterocycles. The number of hydrogen-bond acceptors (Lipinski definition) is 6. The molecule has 0 spiro atoms. The van der Waals surface area contributed by atoms with Gasteiger partial charge in [-0.1, -0.05) is 12.1 Å². The molecule has 0 bridgehead atoms. The van der Waals surface area contributed by atoms with Crippen molar-refractivity contribution in [2.45, 2.75) is 12.8 Å². The van der Waals surface area contributed by atoms with E-state index in [1.165, 1.54) is 26.0 Å². The standard InChI is InChI=1S/C20H22N2O4S/c1-24-15-11-13(12-16(25-2)19(15)26-3)20(23)21-10-6-9-18-22-14-7-4-5-8-17(14)27-18/h4-5,7-8,11-12H,6,9-10H2,1-3H3,(H,21,23). The Morgan fingerprint density at radius 3 is 2.41 bits per heavy atom. The number of hydrogen-bond donors (Lipinski definition) is 1. The predicted octanol–water partition coefficient (Wildman–Crippen LogP) is 3.68. The average molecular weight is 386 g/mol. The minimum Gasteiger partial charge on any atom is -0.493 e. The number of benzene rings is 2. The number of nitrogens with one attached hydrogen (secondary N) is 1. The molecule has 0 aliphatic rings. The number of rotatable bonds is 8. The number of aryl methyl sites for hydroxylation is 1. The molecule has 3 rings (SSSR count). The Bertz CT molecular complexity index is 881. The van der Waals surface area contributed by atoms with Crippen molar-refractivity contribution in [3.63, 3.8) is 0 Å². The Balaban J connectivity index is 1.59. The lowest BCUT2D eigenvalue weighted by Gasteiger charge is -2.14. The summed E-state index contributed by atoms with van der Waals surface area (Å²) in [5.41, 5.74) is 1.49. The topological polar surface area (TPSA) is 69.7 Å². The highest BCUT2D eigenvalue weighted by Gasteiger charge is 2.16. The third-order valence-electron chi connectivity index (χ3n) is 4.12. The molecule has 1 heterocycles. The van der Waals surface area contributed by atoms with E-state index in [4.69, 9.17) is 14.2 Å². The van der Waals surface area contributed by atoms with Crippen molar-refractivity contribution in [1.29, 1.82) is 0 Å². The number of carbonyl (C=O) groups is 1. The second-order valence-corrected chi connectivity index (χ2v) is 6.96. The average Bonchev–Trinajstić information content (AvgIpc) is 3.12. The van der Waals surface area contributed by atoms with Gasteiger partial charge in [0.1, 0.15) is 0 Å². The van der Waals surface area contributed by atoms with E-state index in [-0.39, 0.29) is 5.91 Å². The number of nitrogens with zero attached hydrogens (tertiary/aromatic N) is 1. The van der Waals surface area contributed by atoms with Gasteiger partial charge in [-0.2, -0.15) is 0 Å². The highest BCUT2D eigenvalue weighted by Crippen LogP contribution is 2.38. The molecule has 0 unspecified atom stereocenters. The van der Waals surface area contributed by atoms with E-state index >= 15 is 0 Å². The molecule has 0 atom stereocenters. The van der Waals surface area contributed by atoms with Gasteiger partial charge in [-0.25, -0.2) is 4.98 Å². The summed E-state index contributed by atoms with van der Waals surface area (Å²) in [6, 6.07) is 11.4. The van der Waals surface area contributed by atoms with E-state index in [9.17, 15) is 4.79 Å². The zero-order chi connectivity index (χ0) is 19.2. The van der Waals surface area contributed by atoms with Gasteiger partial charge in [-0.3, -0.25) is 4.79 Å². The fourth-order valence-corrected chi connectivity index (χ4v) is 3.79. The van der Waals surface area contributed by atoms with E-state index in [0.29, 0.717) is 29.4 Å². The van der Waals surface area contributed by atoms with E-state index in [2.05, 4.69) is 16.4 Å². The molecule has 7 heteroatoms. The van der Waals surface area contributed by atoms with Crippen LogP contribution in [0.25, 0.3) is 10.2 Å². The molecule has 2 aromatic carbocycles. The number of amides is 1. The second kappa shape index (κ2) is 8.73. The van der Waals surface area contributed by atoms with Crippen molar-refractivity contribution in [3.05, 3.63) is 47.0 Å². The molecule has 142 valence electrons. The van der Waals surface area contributed by atoms with Gasteiger partial charge in [0.05, 0.1) is 36.6 Å². The maximum atomic E-state index is 12.5. The third kappa shape index (κ3) is 4.31. The molecule has 0 radical (unpaired) electrons. The van der Waals surface area contributed by atoms with Gasteiger partial charge in [-0.05, 0) is 30.7 Å². The largest absolute Gasteiger partial charge is 0.493 e. The van der Waals surface area contributed by atoms with Crippen molar-refractivity contribution in [2.75, 3.05) is 27.9 Å². The SMILES string of the molecule is COc1cc(C(=O)NCCCc2nc3ccccc3s2)cc(OC)c1OC. The zero-order valence-electron chi connectivity index (χ0n) is 15.6. The molecule has 1 N–H and O–H groups in total. The van der Waals surface area contributed by atoms with E-state index in [1.807, 2.05) is 18.2 Å². The highest BCUT2D eigenvalue weighted by molar-refractivity contribution is 7.18. The Morgan fingerprint density at radius 1 is 1.07 bits per heavy atom. The van der Waals surface area contributed by atoms with Crippen LogP contribution < -0.4 is 19.5 Å². The summed E-state index contributed by atoms with van der Waals surface area (Å²) in [7, 11) is 4.58. The molecule has 0 aliphatic carbocycles. The van der Waals surface area contributed by atoms with Crippen LogP contribution in [-0.4, -0.2) is 38.8 Å². The van der Waals surface area contributed by atoms with Gasteiger partial charge in [0.15, 0.2) is 11.5 Å². The number of ether oxygens (including phenoxy) is 3. The number of carbonyl (C=O) groups excluding carboxylic acids is 1. The predicted molar refractivity (Wildman–Crippen MR) is 106 cm³/mol. The summed E-state index contributed by atoms with van der Waals surface area (Å²) < 4.78 is 17.0. The van der Waals surface area contributed by atoms with Gasteiger partial charge >= 0.3 is 0 Å². The van der Waals surface area contributed by atoms with Crippen molar-refractivity contribution in [1.82, 2.24) is 10.3 Å². The van der Waals surface area contributed by atoms with Crippen LogP contribution in [0.15, 0.2) is 36.4 Å². The summed E-state index contributed by atoms with van der Waals surface area (Å²) in [4.78, 5) is 17.1. The normalized spacial score (nSPS) is 10.6. The summed E-state index contributed by atoms with van der Waals surface area (Å²) in [6.45, 7) is 0.561. The maximum Gasteiger partial charge on any atom is 0.251 e. The Morgan fingerprint density at radius 2 is 1.78 bits per heavy atom. The Kier molecular flexibility index (Phi) is 6.13. The molecule has 27 heavy (non-hydrogen) atoms. The fourth-order valence-electron chi connectivity index (χ4n) is 2.78. The van der Waals surface area contributed by atoms with Gasteiger partial charge in [0, 0.05) is 18.5 Å². The molecule has 1 aromatic heterocycles. The summed E-state index contributed by atoms with van der Waals surface area (Å²) in [5, 5.41) is 4.01. The Labute approximate surface area is 162 Å². The molecule has 0 saturated heterocycles. The van der Waals surface area contributed by atoms with Crippen LogP contribution >= 0.6 is 11.3 Å². The smallest absolute Gasteiger partial charge is 0.251 e. The number of fused-ring (bicyclic) bond motifs is 1. The van der Waals surface area contributed by atoms with Crippen molar-refractivity contribution in [2.24, 2.45) is 0 Å². The lowest BCUT2D eigenvalue weighted by atomic mass is 10.1. The van der Waals surface area contributed by atoms with Crippen LogP contribution in [-0.2, 0) is 6.42 Å². The number of para-hydroxylation sites is 1. The minimum atomic E-state index is -0.182. The minimum absolute atomic E-state index is 0.182. The molecule has 6 nitrogen and oxygen atoms in total. The number of methoxy groups -OCH3 is 3. The summed E-state index contributed by atoms with van der Waals surface area (Å²) in [6.07, 6.45) is 1.64. The van der Waals surface area contributed by atoms with Crippen LogP contribution in [0, 0.1) is 0 Å². The summed E-state index contributed by atoms with van der Waals surface area (Å²) >= 11 is 1.70. The fraction of sp³-hybridized carbons (Fsp3) is 0.300. The lowest BCUT2D eigenvalue weighted by Crippen LogP contribution is -2.24. The van der Waals surface area contributed by atoms with Gasteiger partial charge in [0.25, 0.3) is 5.91 Å². The molecule has 1 amide bonds. The number of thiazole rings is 1. The highest BCUT2D eigenvalue weighted by atomic mass is 32.1. The van der Waals surface area contributed by atoms with Crippen molar-refractivity contribution >= 4 is 27.5 Å². The molecule has 0 saturated carbocycles. The number of aromatic nitrogens is 1. The van der Waals surface area contributed by atoms with E-state index < -0.39 is 0 Å². The third-order valence-corrected chi connectivity index (χ3v) is 5.21. The maximum absolute atomic E-state index is 12.5. The van der Waals surface area contributed by atoms with Crippen LogP contribution in [0.2, 0.25) is 0 Å². The molecule has 0 fully saturated rings. The van der Waals surface area contributed by atoms with Crippen LogP contribution in [0.4, 0.5) is 0 Å². The van der Waals surface area contributed by atoms with Crippen molar-refractivity contribution in [3.8, 4) is 17.2 Å². The quantitative estimate of drug-likeness (QED) is 0.598. The first-order valence-electron chi connectivity index (χ1n) is 8.59. The van der Waals surface area contributed by atoms with Crippen LogP contribution in [0.3, 0.4) is 0 Å². The monoisotopic (exact) mass is 386 g/mol. The van der Waals surface area contributed by atoms with E-state index in [1.54, 1.807) is 23.5 Å². The van der Waals surface area contributed by atoms with Crippen molar-refractivity contribution < 1.29 is 19.0 Å². The second-order valence-electron chi connectivity index (χ2n) is 5.85. The van der Waals surface area contributed by atoms with Gasteiger partial charge in [0.2, 0.25) is 5.75 Å². The first-order valence-corrected chi connectivity index (χ1v) is 9.40. The lowest BCUT2D eigenvalue weighted by molar-refractivity contribution is 0.0952. The van der Waals surface area contributed by atoms with Crippen LogP contribution in [0.1, 0.15) is 21.8 Å². The van der Waals surface area contributed by atoms with Crippen LogP contribution in [0.5, 0.6) is 17.2 Å². The molecular weight excluding hydrogens is 364 g/mol. The molecular formula is C20H22N2O4S. The van der Waals surface area contributed by atoms with Gasteiger partial charge < -0.3 is 19.5 Å². The van der Waals surface area contributed by atoms with E-state index in [0.717, 1.165) is 23.4 Å². The Hall–Kier alpha value is -2.80.